The maximum atomic E-state index is 4.96. The largest absolute Gasteiger partial charge is 0.354 e. The van der Waals surface area contributed by atoms with Crippen molar-refractivity contribution in [1.29, 1.82) is 0 Å². The fourth-order valence-corrected chi connectivity index (χ4v) is 4.47. The Labute approximate surface area is 164 Å². The van der Waals surface area contributed by atoms with Crippen LogP contribution in [-0.4, -0.2) is 42.1 Å². The summed E-state index contributed by atoms with van der Waals surface area (Å²) in [6.07, 6.45) is 6.91. The molecule has 26 heavy (non-hydrogen) atoms. The van der Waals surface area contributed by atoms with Crippen LogP contribution in [0.5, 0.6) is 0 Å². The Kier molecular flexibility index (Phi) is 6.42. The van der Waals surface area contributed by atoms with Crippen molar-refractivity contribution in [2.24, 2.45) is 0 Å². The zero-order valence-corrected chi connectivity index (χ0v) is 17.0. The van der Waals surface area contributed by atoms with Crippen molar-refractivity contribution in [3.8, 4) is 0 Å². The predicted molar refractivity (Wildman–Crippen MR) is 114 cm³/mol. The molecule has 1 aromatic heterocycles. The zero-order chi connectivity index (χ0) is 17.2. The van der Waals surface area contributed by atoms with Gasteiger partial charge in [0.25, 0.3) is 0 Å². The summed E-state index contributed by atoms with van der Waals surface area (Å²) < 4.78 is 0. The molecule has 3 nitrogen and oxygen atoms in total. The van der Waals surface area contributed by atoms with Crippen molar-refractivity contribution in [2.75, 3.05) is 31.1 Å². The monoisotopic (exact) mass is 373 g/mol. The van der Waals surface area contributed by atoms with Gasteiger partial charge in [0.05, 0.1) is 5.52 Å². The number of aromatic nitrogens is 1. The van der Waals surface area contributed by atoms with Gasteiger partial charge in [-0.2, -0.15) is 0 Å². The van der Waals surface area contributed by atoms with Gasteiger partial charge in [-0.05, 0) is 62.4 Å². The van der Waals surface area contributed by atoms with E-state index in [1.165, 1.54) is 43.1 Å². The lowest BCUT2D eigenvalue weighted by Gasteiger charge is -2.37. The minimum absolute atomic E-state index is 0. The number of anilines is 1. The van der Waals surface area contributed by atoms with E-state index < -0.39 is 0 Å². The molecule has 1 aromatic carbocycles. The van der Waals surface area contributed by atoms with Gasteiger partial charge in [0, 0.05) is 37.6 Å². The molecule has 2 aliphatic rings. The topological polar surface area (TPSA) is 19.4 Å². The van der Waals surface area contributed by atoms with Crippen molar-refractivity contribution in [2.45, 2.75) is 57.9 Å². The first-order valence-electron chi connectivity index (χ1n) is 10.1. The molecule has 0 atom stereocenters. The number of fused-ring (bicyclic) bond motifs is 1. The molecule has 0 N–H and O–H groups in total. The molecule has 2 aromatic rings. The van der Waals surface area contributed by atoms with Gasteiger partial charge >= 0.3 is 0 Å². The number of pyridine rings is 1. The summed E-state index contributed by atoms with van der Waals surface area (Å²) in [7, 11) is 0. The Morgan fingerprint density at radius 2 is 1.65 bits per heavy atom. The first kappa shape index (κ1) is 19.4. The van der Waals surface area contributed by atoms with Crippen LogP contribution in [-0.2, 0) is 0 Å². The number of nitrogens with zero attached hydrogens (tertiary/aromatic N) is 3. The molecule has 4 rings (SSSR count). The van der Waals surface area contributed by atoms with Gasteiger partial charge in [-0.1, -0.05) is 25.3 Å². The van der Waals surface area contributed by atoms with Crippen LogP contribution < -0.4 is 4.90 Å². The second kappa shape index (κ2) is 8.58. The molecule has 4 heteroatoms. The molecule has 1 aliphatic carbocycles. The minimum Gasteiger partial charge on any atom is -0.354 e. The summed E-state index contributed by atoms with van der Waals surface area (Å²) in [4.78, 5) is 9.95. The number of hydrogen-bond acceptors (Lipinski definition) is 3. The first-order chi connectivity index (χ1) is 12.2. The second-order valence-electron chi connectivity index (χ2n) is 8.07. The maximum Gasteiger partial charge on any atom is 0.129 e. The number of benzene rings is 1. The molecule has 2 fully saturated rings. The average Bonchev–Trinajstić information content (AvgIpc) is 2.68. The molecule has 1 saturated carbocycles. The van der Waals surface area contributed by atoms with Crippen LogP contribution in [0.2, 0.25) is 0 Å². The number of rotatable bonds is 3. The molecule has 0 unspecified atom stereocenters. The van der Waals surface area contributed by atoms with E-state index in [4.69, 9.17) is 4.98 Å². The van der Waals surface area contributed by atoms with Gasteiger partial charge < -0.3 is 4.90 Å². The van der Waals surface area contributed by atoms with Crippen LogP contribution in [0.1, 0.15) is 57.4 Å². The van der Waals surface area contributed by atoms with Gasteiger partial charge in [0.15, 0.2) is 0 Å². The number of hydrogen-bond donors (Lipinski definition) is 0. The molecular weight excluding hydrogens is 342 g/mol. The zero-order valence-electron chi connectivity index (χ0n) is 16.2. The van der Waals surface area contributed by atoms with Crippen molar-refractivity contribution >= 4 is 29.1 Å². The Balaban J connectivity index is 0.00000196. The van der Waals surface area contributed by atoms with E-state index in [1.807, 2.05) is 0 Å². The van der Waals surface area contributed by atoms with Gasteiger partial charge in [0.2, 0.25) is 0 Å². The third kappa shape index (κ3) is 4.15. The van der Waals surface area contributed by atoms with Gasteiger partial charge in [-0.25, -0.2) is 4.98 Å². The normalized spacial score (nSPS) is 19.7. The van der Waals surface area contributed by atoms with Gasteiger partial charge in [-0.3, -0.25) is 4.90 Å². The van der Waals surface area contributed by atoms with Crippen molar-refractivity contribution in [1.82, 2.24) is 9.88 Å². The maximum absolute atomic E-state index is 4.96. The van der Waals surface area contributed by atoms with E-state index in [1.54, 1.807) is 0 Å². The highest BCUT2D eigenvalue weighted by molar-refractivity contribution is 5.85. The van der Waals surface area contributed by atoms with E-state index in [-0.39, 0.29) is 12.4 Å². The molecule has 142 valence electrons. The molecule has 0 radical (unpaired) electrons. The highest BCUT2D eigenvalue weighted by Gasteiger charge is 2.20. The summed E-state index contributed by atoms with van der Waals surface area (Å²) >= 11 is 0. The van der Waals surface area contributed by atoms with Crippen LogP contribution >= 0.6 is 12.4 Å². The summed E-state index contributed by atoms with van der Waals surface area (Å²) in [5.74, 6) is 1.91. The summed E-state index contributed by atoms with van der Waals surface area (Å²) in [5.41, 5.74) is 2.66. The van der Waals surface area contributed by atoms with Crippen LogP contribution in [0.3, 0.4) is 0 Å². The van der Waals surface area contributed by atoms with Crippen LogP contribution in [0.4, 0.5) is 5.82 Å². The standard InChI is InChI=1S/C22H31N3.ClH/c1-17(2)24-12-14-25(15-13-24)22-11-9-20-16-19(8-10-21(20)23-22)18-6-4-3-5-7-18;/h8-11,16-18H,3-7,12-15H2,1-2H3;1H. The van der Waals surface area contributed by atoms with E-state index >= 15 is 0 Å². The van der Waals surface area contributed by atoms with Gasteiger partial charge in [0.1, 0.15) is 5.82 Å². The SMILES string of the molecule is CC(C)N1CCN(c2ccc3cc(C4CCCCC4)ccc3n2)CC1.Cl. The Morgan fingerprint density at radius 1 is 0.923 bits per heavy atom. The Morgan fingerprint density at radius 3 is 2.35 bits per heavy atom. The molecular formula is C22H32ClN3. The average molecular weight is 374 g/mol. The Bertz CT molecular complexity index is 716. The van der Waals surface area contributed by atoms with Crippen molar-refractivity contribution < 1.29 is 0 Å². The smallest absolute Gasteiger partial charge is 0.129 e. The second-order valence-corrected chi connectivity index (χ2v) is 8.07. The third-order valence-electron chi connectivity index (χ3n) is 6.14. The lowest BCUT2D eigenvalue weighted by molar-refractivity contribution is 0.209. The van der Waals surface area contributed by atoms with E-state index in [9.17, 15) is 0 Å². The van der Waals surface area contributed by atoms with Crippen molar-refractivity contribution in [3.05, 3.63) is 35.9 Å². The van der Waals surface area contributed by atoms with Gasteiger partial charge in [-0.15, -0.1) is 12.4 Å². The summed E-state index contributed by atoms with van der Waals surface area (Å²) in [5, 5.41) is 1.30. The summed E-state index contributed by atoms with van der Waals surface area (Å²) in [6.45, 7) is 9.01. The molecule has 0 spiro atoms. The fourth-order valence-electron chi connectivity index (χ4n) is 4.47. The third-order valence-corrected chi connectivity index (χ3v) is 6.14. The number of piperazine rings is 1. The lowest BCUT2D eigenvalue weighted by Crippen LogP contribution is -2.49. The van der Waals surface area contributed by atoms with Crippen molar-refractivity contribution in [3.63, 3.8) is 0 Å². The van der Waals surface area contributed by atoms with Crippen LogP contribution in [0.15, 0.2) is 30.3 Å². The highest BCUT2D eigenvalue weighted by atomic mass is 35.5. The summed E-state index contributed by atoms with van der Waals surface area (Å²) in [6, 6.07) is 12.1. The molecule has 1 aliphatic heterocycles. The highest BCUT2D eigenvalue weighted by Crippen LogP contribution is 2.34. The Hall–Kier alpha value is -1.32. The molecule has 2 heterocycles. The molecule has 0 bridgehead atoms. The minimum atomic E-state index is 0. The predicted octanol–water partition coefficient (Wildman–Crippen LogP) is 5.23. The first-order valence-corrected chi connectivity index (χ1v) is 10.1. The fraction of sp³-hybridized carbons (Fsp3) is 0.591. The van der Waals surface area contributed by atoms with E-state index in [2.05, 4.69) is 54.0 Å². The quantitative estimate of drug-likeness (QED) is 0.733. The van der Waals surface area contributed by atoms with E-state index in [0.29, 0.717) is 6.04 Å². The van der Waals surface area contributed by atoms with Crippen LogP contribution in [0, 0.1) is 0 Å². The number of halogens is 1. The van der Waals surface area contributed by atoms with E-state index in [0.717, 1.165) is 43.4 Å². The lowest BCUT2D eigenvalue weighted by atomic mass is 9.84. The molecule has 0 amide bonds. The molecule has 1 saturated heterocycles. The van der Waals surface area contributed by atoms with Crippen LogP contribution in [0.25, 0.3) is 10.9 Å².